The van der Waals surface area contributed by atoms with Crippen LogP contribution < -0.4 is 24.8 Å². The number of benzene rings is 3. The second-order valence-corrected chi connectivity index (χ2v) is 7.08. The lowest BCUT2D eigenvalue weighted by Crippen LogP contribution is -2.28. The molecule has 1 heterocycles. The Labute approximate surface area is 184 Å². The van der Waals surface area contributed by atoms with Crippen molar-refractivity contribution in [3.63, 3.8) is 0 Å². The summed E-state index contributed by atoms with van der Waals surface area (Å²) in [5.41, 5.74) is 1.48. The number of rotatable bonds is 7. The number of nitrogens with one attached hydrogen (secondary N) is 2. The topological polar surface area (TPSA) is 85.9 Å². The number of hydrogen-bond acceptors (Lipinski definition) is 5. The molecule has 0 spiro atoms. The number of anilines is 1. The van der Waals surface area contributed by atoms with Gasteiger partial charge in [-0.1, -0.05) is 18.2 Å². The standard InChI is InChI=1S/C24H21FN2O5/c1-15-6-7-16(12-20(15)27-24(29)18-4-2-3-5-19(18)25)23(28)26-10-11-30-17-8-9-21-22(13-17)32-14-31-21/h2-9,12-13H,10-11,14H2,1H3,(H,26,28)(H,27,29). The number of fused-ring (bicyclic) bond motifs is 1. The molecular formula is C24H21FN2O5. The predicted molar refractivity (Wildman–Crippen MR) is 116 cm³/mol. The van der Waals surface area contributed by atoms with Crippen molar-refractivity contribution in [1.29, 1.82) is 0 Å². The molecule has 0 bridgehead atoms. The Balaban J connectivity index is 1.32. The van der Waals surface area contributed by atoms with E-state index in [0.29, 0.717) is 28.5 Å². The minimum Gasteiger partial charge on any atom is -0.492 e. The number of amides is 2. The maximum Gasteiger partial charge on any atom is 0.258 e. The summed E-state index contributed by atoms with van der Waals surface area (Å²) in [5.74, 6) is 0.386. The maximum atomic E-state index is 13.9. The van der Waals surface area contributed by atoms with E-state index in [0.717, 1.165) is 5.56 Å². The van der Waals surface area contributed by atoms with Crippen LogP contribution in [0.25, 0.3) is 0 Å². The molecule has 2 N–H and O–H groups in total. The molecule has 4 rings (SSSR count). The van der Waals surface area contributed by atoms with Gasteiger partial charge in [0.05, 0.1) is 12.1 Å². The predicted octanol–water partition coefficient (Wildman–Crippen LogP) is 3.92. The third kappa shape index (κ3) is 4.80. The van der Waals surface area contributed by atoms with Crippen molar-refractivity contribution >= 4 is 17.5 Å². The Morgan fingerprint density at radius 1 is 1.00 bits per heavy atom. The SMILES string of the molecule is Cc1ccc(C(=O)NCCOc2ccc3c(c2)OCO3)cc1NC(=O)c1ccccc1F. The molecule has 0 atom stereocenters. The van der Waals surface area contributed by atoms with Crippen LogP contribution in [0.5, 0.6) is 17.2 Å². The van der Waals surface area contributed by atoms with Gasteiger partial charge in [0.1, 0.15) is 18.2 Å². The van der Waals surface area contributed by atoms with E-state index in [2.05, 4.69) is 10.6 Å². The summed E-state index contributed by atoms with van der Waals surface area (Å²) in [4.78, 5) is 24.9. The summed E-state index contributed by atoms with van der Waals surface area (Å²) < 4.78 is 30.0. The van der Waals surface area contributed by atoms with Gasteiger partial charge in [-0.2, -0.15) is 0 Å². The summed E-state index contributed by atoms with van der Waals surface area (Å²) in [6.45, 7) is 2.51. The van der Waals surface area contributed by atoms with Crippen molar-refractivity contribution in [3.05, 3.63) is 83.2 Å². The first-order chi connectivity index (χ1) is 15.5. The van der Waals surface area contributed by atoms with Crippen molar-refractivity contribution in [2.24, 2.45) is 0 Å². The van der Waals surface area contributed by atoms with E-state index in [1.165, 1.54) is 18.2 Å². The van der Waals surface area contributed by atoms with Gasteiger partial charge in [0.2, 0.25) is 6.79 Å². The molecule has 1 aliphatic rings. The van der Waals surface area contributed by atoms with Crippen LogP contribution in [-0.2, 0) is 0 Å². The van der Waals surface area contributed by atoms with E-state index < -0.39 is 11.7 Å². The van der Waals surface area contributed by atoms with Crippen LogP contribution in [0.15, 0.2) is 60.7 Å². The molecule has 0 unspecified atom stereocenters. The molecular weight excluding hydrogens is 415 g/mol. The van der Waals surface area contributed by atoms with Gasteiger partial charge in [-0.15, -0.1) is 0 Å². The minimum absolute atomic E-state index is 0.0672. The van der Waals surface area contributed by atoms with Gasteiger partial charge in [-0.3, -0.25) is 9.59 Å². The normalized spacial score (nSPS) is 11.7. The highest BCUT2D eigenvalue weighted by Gasteiger charge is 2.15. The Morgan fingerprint density at radius 2 is 1.81 bits per heavy atom. The van der Waals surface area contributed by atoms with Gasteiger partial charge in [0.15, 0.2) is 11.5 Å². The molecule has 0 aromatic heterocycles. The summed E-state index contributed by atoms with van der Waals surface area (Å²) >= 11 is 0. The number of carbonyl (C=O) groups is 2. The molecule has 1 aliphatic heterocycles. The zero-order valence-corrected chi connectivity index (χ0v) is 17.3. The smallest absolute Gasteiger partial charge is 0.258 e. The lowest BCUT2D eigenvalue weighted by Gasteiger charge is -2.12. The van der Waals surface area contributed by atoms with Crippen LogP contribution in [0, 0.1) is 12.7 Å². The number of aryl methyl sites for hydroxylation is 1. The van der Waals surface area contributed by atoms with Gasteiger partial charge in [-0.05, 0) is 48.9 Å². The third-order valence-electron chi connectivity index (χ3n) is 4.87. The molecule has 0 radical (unpaired) electrons. The first-order valence-electron chi connectivity index (χ1n) is 9.98. The first kappa shape index (κ1) is 21.2. The molecule has 164 valence electrons. The molecule has 3 aromatic carbocycles. The molecule has 3 aromatic rings. The van der Waals surface area contributed by atoms with Crippen molar-refractivity contribution < 1.29 is 28.2 Å². The van der Waals surface area contributed by atoms with Crippen LogP contribution in [0.2, 0.25) is 0 Å². The minimum atomic E-state index is -0.612. The molecule has 0 saturated heterocycles. The molecule has 0 fully saturated rings. The largest absolute Gasteiger partial charge is 0.492 e. The zero-order valence-electron chi connectivity index (χ0n) is 17.3. The van der Waals surface area contributed by atoms with Crippen molar-refractivity contribution in [3.8, 4) is 17.2 Å². The highest BCUT2D eigenvalue weighted by atomic mass is 19.1. The average molecular weight is 436 g/mol. The van der Waals surface area contributed by atoms with E-state index in [1.807, 2.05) is 0 Å². The quantitative estimate of drug-likeness (QED) is 0.549. The van der Waals surface area contributed by atoms with Crippen molar-refractivity contribution in [1.82, 2.24) is 5.32 Å². The molecule has 7 nitrogen and oxygen atoms in total. The highest BCUT2D eigenvalue weighted by Crippen LogP contribution is 2.35. The Hall–Kier alpha value is -4.07. The molecule has 0 aliphatic carbocycles. The fourth-order valence-electron chi connectivity index (χ4n) is 3.14. The summed E-state index contributed by atoms with van der Waals surface area (Å²) in [6.07, 6.45) is 0. The second-order valence-electron chi connectivity index (χ2n) is 7.08. The van der Waals surface area contributed by atoms with Gasteiger partial charge < -0.3 is 24.8 Å². The lowest BCUT2D eigenvalue weighted by atomic mass is 10.1. The van der Waals surface area contributed by atoms with Crippen LogP contribution >= 0.6 is 0 Å². The monoisotopic (exact) mass is 436 g/mol. The number of carbonyl (C=O) groups excluding carboxylic acids is 2. The maximum absolute atomic E-state index is 13.9. The third-order valence-corrected chi connectivity index (χ3v) is 4.87. The van der Waals surface area contributed by atoms with Crippen LogP contribution in [0.3, 0.4) is 0 Å². The first-order valence-corrected chi connectivity index (χ1v) is 9.98. The molecule has 8 heteroatoms. The Morgan fingerprint density at radius 3 is 2.66 bits per heavy atom. The molecule has 32 heavy (non-hydrogen) atoms. The van der Waals surface area contributed by atoms with Crippen LogP contribution in [0.1, 0.15) is 26.3 Å². The summed E-state index contributed by atoms with van der Waals surface area (Å²) in [7, 11) is 0. The van der Waals surface area contributed by atoms with Gasteiger partial charge in [-0.25, -0.2) is 4.39 Å². The van der Waals surface area contributed by atoms with Gasteiger partial charge >= 0.3 is 0 Å². The Kier molecular flexibility index (Phi) is 6.21. The van der Waals surface area contributed by atoms with E-state index in [9.17, 15) is 14.0 Å². The zero-order chi connectivity index (χ0) is 22.5. The fourth-order valence-corrected chi connectivity index (χ4v) is 3.14. The van der Waals surface area contributed by atoms with Crippen molar-refractivity contribution in [2.75, 3.05) is 25.3 Å². The summed E-state index contributed by atoms with van der Waals surface area (Å²) in [5, 5.41) is 5.44. The van der Waals surface area contributed by atoms with Crippen LogP contribution in [-0.4, -0.2) is 31.8 Å². The van der Waals surface area contributed by atoms with Gasteiger partial charge in [0, 0.05) is 17.3 Å². The Bertz CT molecular complexity index is 1160. The number of hydrogen-bond donors (Lipinski definition) is 2. The molecule has 0 saturated carbocycles. The van der Waals surface area contributed by atoms with E-state index in [1.54, 1.807) is 49.4 Å². The van der Waals surface area contributed by atoms with E-state index >= 15 is 0 Å². The lowest BCUT2D eigenvalue weighted by molar-refractivity contribution is 0.0945. The fraction of sp³-hybridized carbons (Fsp3) is 0.167. The second kappa shape index (κ2) is 9.38. The molecule has 2 amide bonds. The van der Waals surface area contributed by atoms with Crippen LogP contribution in [0.4, 0.5) is 10.1 Å². The summed E-state index contributed by atoms with van der Waals surface area (Å²) in [6, 6.07) is 15.9. The van der Waals surface area contributed by atoms with E-state index in [-0.39, 0.29) is 31.4 Å². The van der Waals surface area contributed by atoms with E-state index in [4.69, 9.17) is 14.2 Å². The van der Waals surface area contributed by atoms with Gasteiger partial charge in [0.25, 0.3) is 11.8 Å². The number of ether oxygens (including phenoxy) is 3. The highest BCUT2D eigenvalue weighted by molar-refractivity contribution is 6.05. The average Bonchev–Trinajstić information content (AvgIpc) is 3.26. The van der Waals surface area contributed by atoms with Crippen molar-refractivity contribution in [2.45, 2.75) is 6.92 Å². The number of halogens is 1.